The van der Waals surface area contributed by atoms with E-state index >= 15 is 0 Å². The Kier molecular flexibility index (Phi) is 4.66. The lowest BCUT2D eigenvalue weighted by Crippen LogP contribution is -2.42. The Morgan fingerprint density at radius 1 is 1.19 bits per heavy atom. The Labute approximate surface area is 161 Å². The van der Waals surface area contributed by atoms with Crippen LogP contribution in [0, 0.1) is 0 Å². The van der Waals surface area contributed by atoms with E-state index in [1.54, 1.807) is 6.08 Å². The number of para-hydroxylation sites is 1. The molecule has 1 fully saturated rings. The molecule has 0 aromatic heterocycles. The van der Waals surface area contributed by atoms with E-state index in [0.717, 1.165) is 41.7 Å². The van der Waals surface area contributed by atoms with Crippen molar-refractivity contribution in [3.8, 4) is 11.5 Å². The molecule has 2 heterocycles. The van der Waals surface area contributed by atoms with Crippen molar-refractivity contribution in [3.05, 3.63) is 64.6 Å². The topological polar surface area (TPSA) is 64.6 Å². The number of rotatable bonds is 4. The Bertz CT molecular complexity index is 922. The van der Waals surface area contributed by atoms with Gasteiger partial charge in [0, 0.05) is 0 Å². The molecule has 2 aliphatic rings. The van der Waals surface area contributed by atoms with E-state index in [2.05, 4.69) is 18.3 Å². The molecule has 2 aliphatic heterocycles. The van der Waals surface area contributed by atoms with E-state index in [-0.39, 0.29) is 16.7 Å². The molecule has 2 aromatic carbocycles. The summed E-state index contributed by atoms with van der Waals surface area (Å²) in [7, 11) is 0. The van der Waals surface area contributed by atoms with E-state index in [4.69, 9.17) is 9.47 Å². The molecule has 2 aromatic rings. The van der Waals surface area contributed by atoms with Crippen LogP contribution in [0.5, 0.6) is 11.5 Å². The normalized spacial score (nSPS) is 22.9. The van der Waals surface area contributed by atoms with Gasteiger partial charge >= 0.3 is 0 Å². The first-order chi connectivity index (χ1) is 13.0. The molecule has 1 N–H and O–H groups in total. The number of carbonyl (C=O) groups excluding carboxylic acids is 2. The molecule has 0 saturated carbocycles. The fourth-order valence-electron chi connectivity index (χ4n) is 3.10. The van der Waals surface area contributed by atoms with Gasteiger partial charge in [0.15, 0.2) is 0 Å². The average Bonchev–Trinajstić information content (AvgIpc) is 2.98. The largest absolute Gasteiger partial charge is 0.489 e. The van der Waals surface area contributed by atoms with Crippen LogP contribution in [0.4, 0.5) is 4.79 Å². The van der Waals surface area contributed by atoms with E-state index < -0.39 is 0 Å². The molecule has 1 atom stereocenters. The van der Waals surface area contributed by atoms with Crippen molar-refractivity contribution in [2.75, 3.05) is 6.61 Å². The van der Waals surface area contributed by atoms with Gasteiger partial charge in [-0.25, -0.2) is 0 Å². The second-order valence-corrected chi connectivity index (χ2v) is 7.88. The molecule has 4 rings (SSSR count). The minimum absolute atomic E-state index is 0.339. The lowest BCUT2D eigenvalue weighted by Gasteiger charge is -2.35. The van der Waals surface area contributed by atoms with Crippen molar-refractivity contribution < 1.29 is 19.1 Å². The van der Waals surface area contributed by atoms with Crippen LogP contribution >= 0.6 is 11.8 Å². The molecule has 6 heteroatoms. The number of ether oxygens (including phenoxy) is 2. The van der Waals surface area contributed by atoms with E-state index in [1.807, 2.05) is 42.5 Å². The number of thioether (sulfide) groups is 1. The molecule has 27 heavy (non-hydrogen) atoms. The minimum Gasteiger partial charge on any atom is -0.489 e. The minimum atomic E-state index is -0.367. The fourth-order valence-corrected chi connectivity index (χ4v) is 3.78. The van der Waals surface area contributed by atoms with Gasteiger partial charge in [-0.1, -0.05) is 30.3 Å². The highest BCUT2D eigenvalue weighted by molar-refractivity contribution is 8.18. The van der Waals surface area contributed by atoms with Crippen molar-refractivity contribution in [3.63, 3.8) is 0 Å². The molecule has 0 radical (unpaired) electrons. The number of hydrogen-bond donors (Lipinski definition) is 1. The molecular weight excluding hydrogens is 362 g/mol. The van der Waals surface area contributed by atoms with Gasteiger partial charge < -0.3 is 9.47 Å². The highest BCUT2D eigenvalue weighted by atomic mass is 32.2. The molecule has 0 aliphatic carbocycles. The number of fused-ring (bicyclic) bond motifs is 1. The van der Waals surface area contributed by atoms with Gasteiger partial charge in [0.1, 0.15) is 23.7 Å². The summed E-state index contributed by atoms with van der Waals surface area (Å²) in [5, 5.41) is 1.91. The third-order valence-corrected chi connectivity index (χ3v) is 5.43. The number of imide groups is 1. The van der Waals surface area contributed by atoms with Gasteiger partial charge in [-0.3, -0.25) is 14.9 Å². The van der Waals surface area contributed by atoms with E-state index in [0.29, 0.717) is 11.5 Å². The zero-order valence-electron chi connectivity index (χ0n) is 14.9. The van der Waals surface area contributed by atoms with Gasteiger partial charge in [-0.05, 0) is 66.9 Å². The number of carbonyl (C=O) groups is 2. The van der Waals surface area contributed by atoms with Crippen molar-refractivity contribution in [2.45, 2.75) is 25.4 Å². The number of aryl methyl sites for hydroxylation is 1. The Morgan fingerprint density at radius 3 is 2.70 bits per heavy atom. The molecule has 0 spiro atoms. The average molecular weight is 381 g/mol. The maximum atomic E-state index is 11.6. The maximum absolute atomic E-state index is 11.6. The van der Waals surface area contributed by atoms with Crippen LogP contribution in [0.15, 0.2) is 53.4 Å². The van der Waals surface area contributed by atoms with Crippen LogP contribution in [0.3, 0.4) is 0 Å². The Balaban J connectivity index is 1.39. The summed E-state index contributed by atoms with van der Waals surface area (Å²) < 4.78 is 12.1. The van der Waals surface area contributed by atoms with Crippen molar-refractivity contribution in [1.29, 1.82) is 0 Å². The first-order valence-electron chi connectivity index (χ1n) is 8.75. The summed E-state index contributed by atoms with van der Waals surface area (Å²) >= 11 is 0.909. The molecule has 0 bridgehead atoms. The molecule has 138 valence electrons. The standard InChI is InChI=1S/C21H19NO4S/c1-21(11-10-15-4-2-3-5-17(15)26-21)13-25-16-8-6-14(7-9-16)12-18-19(23)22-20(24)27-18/h2-9,12H,10-11,13H2,1H3,(H,22,23,24)/b18-12+. The lowest BCUT2D eigenvalue weighted by molar-refractivity contribution is -0.115. The number of benzene rings is 2. The molecular formula is C21H19NO4S. The van der Waals surface area contributed by atoms with Crippen LogP contribution in [-0.2, 0) is 11.2 Å². The summed E-state index contributed by atoms with van der Waals surface area (Å²) in [5.74, 6) is 1.31. The SMILES string of the molecule is CC1(COc2ccc(/C=C3/SC(=O)NC3=O)cc2)CCc2ccccc2O1. The van der Waals surface area contributed by atoms with Crippen LogP contribution in [0.1, 0.15) is 24.5 Å². The van der Waals surface area contributed by atoms with Gasteiger partial charge in [-0.15, -0.1) is 0 Å². The molecule has 1 unspecified atom stereocenters. The zero-order chi connectivity index (χ0) is 18.9. The first-order valence-corrected chi connectivity index (χ1v) is 9.57. The third-order valence-electron chi connectivity index (χ3n) is 4.62. The summed E-state index contributed by atoms with van der Waals surface area (Å²) in [5.41, 5.74) is 1.71. The quantitative estimate of drug-likeness (QED) is 0.805. The zero-order valence-corrected chi connectivity index (χ0v) is 15.7. The van der Waals surface area contributed by atoms with Crippen molar-refractivity contribution >= 4 is 29.0 Å². The van der Waals surface area contributed by atoms with Gasteiger partial charge in [0.2, 0.25) is 0 Å². The Hall–Kier alpha value is -2.73. The van der Waals surface area contributed by atoms with E-state index in [9.17, 15) is 9.59 Å². The monoisotopic (exact) mass is 381 g/mol. The van der Waals surface area contributed by atoms with Crippen molar-refractivity contribution in [1.82, 2.24) is 5.32 Å². The van der Waals surface area contributed by atoms with Gasteiger partial charge in [-0.2, -0.15) is 0 Å². The fraction of sp³-hybridized carbons (Fsp3) is 0.238. The van der Waals surface area contributed by atoms with Gasteiger partial charge in [0.05, 0.1) is 4.91 Å². The summed E-state index contributed by atoms with van der Waals surface area (Å²) in [6, 6.07) is 15.5. The lowest BCUT2D eigenvalue weighted by atomic mass is 9.93. The summed E-state index contributed by atoms with van der Waals surface area (Å²) in [6.45, 7) is 2.52. The van der Waals surface area contributed by atoms with Crippen LogP contribution in [-0.4, -0.2) is 23.4 Å². The molecule has 2 amide bonds. The number of nitrogens with one attached hydrogen (secondary N) is 1. The highest BCUT2D eigenvalue weighted by Gasteiger charge is 2.32. The van der Waals surface area contributed by atoms with Gasteiger partial charge in [0.25, 0.3) is 11.1 Å². The summed E-state index contributed by atoms with van der Waals surface area (Å²) in [4.78, 5) is 23.2. The van der Waals surface area contributed by atoms with Crippen LogP contribution in [0.2, 0.25) is 0 Å². The molecule has 5 nitrogen and oxygen atoms in total. The van der Waals surface area contributed by atoms with Crippen molar-refractivity contribution in [2.24, 2.45) is 0 Å². The highest BCUT2D eigenvalue weighted by Crippen LogP contribution is 2.33. The summed E-state index contributed by atoms with van der Waals surface area (Å²) in [6.07, 6.45) is 3.56. The third kappa shape index (κ3) is 4.01. The maximum Gasteiger partial charge on any atom is 0.290 e. The molecule has 1 saturated heterocycles. The predicted octanol–water partition coefficient (Wildman–Crippen LogP) is 4.17. The second kappa shape index (κ2) is 7.12. The van der Waals surface area contributed by atoms with E-state index in [1.165, 1.54) is 5.56 Å². The van der Waals surface area contributed by atoms with Crippen LogP contribution < -0.4 is 14.8 Å². The predicted molar refractivity (Wildman–Crippen MR) is 105 cm³/mol. The first kappa shape index (κ1) is 17.7. The number of amides is 2. The Morgan fingerprint density at radius 2 is 1.96 bits per heavy atom. The van der Waals surface area contributed by atoms with Crippen LogP contribution in [0.25, 0.3) is 6.08 Å². The smallest absolute Gasteiger partial charge is 0.290 e. The second-order valence-electron chi connectivity index (χ2n) is 6.87. The number of hydrogen-bond acceptors (Lipinski definition) is 5.